The number of benzene rings is 2. The normalized spacial score (nSPS) is 13.1. The number of carbonyl (C=O) groups is 1. The van der Waals surface area contributed by atoms with Crippen molar-refractivity contribution in [3.05, 3.63) is 65.7 Å². The molecule has 0 spiro atoms. The lowest BCUT2D eigenvalue weighted by atomic mass is 9.96. The summed E-state index contributed by atoms with van der Waals surface area (Å²) < 4.78 is 1.68. The van der Waals surface area contributed by atoms with Gasteiger partial charge in [0.15, 0.2) is 0 Å². The molecule has 28 heavy (non-hydrogen) atoms. The Morgan fingerprint density at radius 2 is 1.86 bits per heavy atom. The van der Waals surface area contributed by atoms with Crippen molar-refractivity contribution < 1.29 is 4.79 Å². The van der Waals surface area contributed by atoms with Gasteiger partial charge in [0.05, 0.1) is 10.9 Å². The average Bonchev–Trinajstić information content (AvgIpc) is 3.17. The number of nitrogens with zero attached hydrogens (tertiary/aromatic N) is 4. The van der Waals surface area contributed by atoms with Crippen molar-refractivity contribution >= 4 is 17.7 Å². The first-order chi connectivity index (χ1) is 13.6. The first-order valence-electron chi connectivity index (χ1n) is 9.43. The minimum Gasteiger partial charge on any atom is -0.355 e. The number of nitrogens with one attached hydrogen (secondary N) is 1. The lowest BCUT2D eigenvalue weighted by Gasteiger charge is -2.18. The Morgan fingerprint density at radius 1 is 1.14 bits per heavy atom. The standard InChI is InChI=1S/C21H25N5OS/c1-4-17(18-11-6-5-7-12-18)14-22-20(27)16(3)28-21-23-24-25-26(21)19-13-9-8-10-15(19)2/h5-13,16-17H,4,14H2,1-3H3,(H,22,27)/t16-,17+/m1/s1. The van der Waals surface area contributed by atoms with Gasteiger partial charge in [-0.15, -0.1) is 5.10 Å². The van der Waals surface area contributed by atoms with Crippen LogP contribution in [0.3, 0.4) is 0 Å². The topological polar surface area (TPSA) is 72.7 Å². The van der Waals surface area contributed by atoms with Crippen LogP contribution in [0.15, 0.2) is 59.8 Å². The van der Waals surface area contributed by atoms with Gasteiger partial charge in [0.25, 0.3) is 0 Å². The van der Waals surface area contributed by atoms with Gasteiger partial charge in [-0.2, -0.15) is 4.68 Å². The largest absolute Gasteiger partial charge is 0.355 e. The number of tetrazole rings is 1. The third-order valence-electron chi connectivity index (χ3n) is 4.72. The zero-order valence-corrected chi connectivity index (χ0v) is 17.2. The lowest BCUT2D eigenvalue weighted by Crippen LogP contribution is -2.34. The van der Waals surface area contributed by atoms with E-state index in [9.17, 15) is 4.79 Å². The zero-order valence-electron chi connectivity index (χ0n) is 16.4. The van der Waals surface area contributed by atoms with Crippen molar-refractivity contribution in [3.63, 3.8) is 0 Å². The molecule has 3 aromatic rings. The monoisotopic (exact) mass is 395 g/mol. The highest BCUT2D eigenvalue weighted by molar-refractivity contribution is 8.00. The van der Waals surface area contributed by atoms with Crippen LogP contribution in [0.25, 0.3) is 5.69 Å². The Bertz CT molecular complexity index is 912. The number of hydrogen-bond acceptors (Lipinski definition) is 5. The van der Waals surface area contributed by atoms with Crippen LogP contribution in [-0.4, -0.2) is 37.9 Å². The molecular weight excluding hydrogens is 370 g/mol. The number of carbonyl (C=O) groups excluding carboxylic acids is 1. The zero-order chi connectivity index (χ0) is 19.9. The molecule has 146 valence electrons. The summed E-state index contributed by atoms with van der Waals surface area (Å²) in [6.07, 6.45) is 0.970. The van der Waals surface area contributed by atoms with Gasteiger partial charge in [-0.25, -0.2) is 0 Å². The van der Waals surface area contributed by atoms with Crippen LogP contribution >= 0.6 is 11.8 Å². The summed E-state index contributed by atoms with van der Waals surface area (Å²) in [4.78, 5) is 12.6. The molecular formula is C21H25N5OS. The van der Waals surface area contributed by atoms with Crippen LogP contribution < -0.4 is 5.32 Å². The first kappa shape index (κ1) is 20.1. The molecule has 0 aliphatic heterocycles. The third kappa shape index (κ3) is 4.78. The minimum absolute atomic E-state index is 0.0151. The first-order valence-corrected chi connectivity index (χ1v) is 10.3. The second-order valence-electron chi connectivity index (χ2n) is 6.68. The van der Waals surface area contributed by atoms with Crippen LogP contribution in [0.1, 0.15) is 37.3 Å². The number of hydrogen-bond donors (Lipinski definition) is 1. The molecule has 2 aromatic carbocycles. The summed E-state index contributed by atoms with van der Waals surface area (Å²) in [5.41, 5.74) is 3.23. The number of aryl methyl sites for hydroxylation is 1. The second kappa shape index (κ2) is 9.50. The van der Waals surface area contributed by atoms with Gasteiger partial charge >= 0.3 is 0 Å². The number of rotatable bonds is 8. The predicted molar refractivity (Wildman–Crippen MR) is 112 cm³/mol. The molecule has 1 aromatic heterocycles. The molecule has 7 heteroatoms. The molecule has 0 aliphatic carbocycles. The van der Waals surface area contributed by atoms with Gasteiger partial charge in [0.1, 0.15) is 0 Å². The van der Waals surface area contributed by atoms with E-state index >= 15 is 0 Å². The molecule has 0 radical (unpaired) electrons. The van der Waals surface area contributed by atoms with Crippen molar-refractivity contribution in [3.8, 4) is 5.69 Å². The molecule has 0 aliphatic rings. The molecule has 0 saturated carbocycles. The van der Waals surface area contributed by atoms with Crippen molar-refractivity contribution in [2.75, 3.05) is 6.54 Å². The highest BCUT2D eigenvalue weighted by Crippen LogP contribution is 2.24. The highest BCUT2D eigenvalue weighted by atomic mass is 32.2. The molecule has 6 nitrogen and oxygen atoms in total. The lowest BCUT2D eigenvalue weighted by molar-refractivity contribution is -0.120. The summed E-state index contributed by atoms with van der Waals surface area (Å²) >= 11 is 1.36. The van der Waals surface area contributed by atoms with Gasteiger partial charge in [-0.1, -0.05) is 67.2 Å². The Morgan fingerprint density at radius 3 is 2.57 bits per heavy atom. The number of para-hydroxylation sites is 1. The summed E-state index contributed by atoms with van der Waals surface area (Å²) in [5.74, 6) is 0.290. The average molecular weight is 396 g/mol. The van der Waals surface area contributed by atoms with E-state index in [2.05, 4.69) is 39.9 Å². The second-order valence-corrected chi connectivity index (χ2v) is 7.99. The van der Waals surface area contributed by atoms with E-state index in [4.69, 9.17) is 0 Å². The fourth-order valence-electron chi connectivity index (χ4n) is 3.01. The van der Waals surface area contributed by atoms with E-state index in [0.717, 1.165) is 17.7 Å². The smallest absolute Gasteiger partial charge is 0.233 e. The van der Waals surface area contributed by atoms with Gasteiger partial charge in [-0.3, -0.25) is 4.79 Å². The maximum Gasteiger partial charge on any atom is 0.233 e. The Balaban J connectivity index is 1.62. The van der Waals surface area contributed by atoms with E-state index in [-0.39, 0.29) is 11.2 Å². The van der Waals surface area contributed by atoms with Crippen molar-refractivity contribution in [2.45, 2.75) is 43.5 Å². The molecule has 0 saturated heterocycles. The molecule has 0 unspecified atom stereocenters. The summed E-state index contributed by atoms with van der Waals surface area (Å²) in [6, 6.07) is 18.2. The van der Waals surface area contributed by atoms with E-state index in [1.165, 1.54) is 17.3 Å². The van der Waals surface area contributed by atoms with Crippen LogP contribution in [0.2, 0.25) is 0 Å². The summed E-state index contributed by atoms with van der Waals surface area (Å²) in [7, 11) is 0. The number of thioether (sulfide) groups is 1. The van der Waals surface area contributed by atoms with Gasteiger partial charge < -0.3 is 5.32 Å². The quantitative estimate of drug-likeness (QED) is 0.588. The van der Waals surface area contributed by atoms with Gasteiger partial charge in [0.2, 0.25) is 11.1 Å². The Kier molecular flexibility index (Phi) is 6.81. The molecule has 0 bridgehead atoms. The van der Waals surface area contributed by atoms with Crippen LogP contribution in [0.5, 0.6) is 0 Å². The van der Waals surface area contributed by atoms with Crippen LogP contribution in [0, 0.1) is 6.92 Å². The predicted octanol–water partition coefficient (Wildman–Crippen LogP) is 3.76. The fourth-order valence-corrected chi connectivity index (χ4v) is 3.83. The maximum atomic E-state index is 12.6. The Hall–Kier alpha value is -2.67. The van der Waals surface area contributed by atoms with Gasteiger partial charge in [0, 0.05) is 12.5 Å². The summed E-state index contributed by atoms with van der Waals surface area (Å²) in [5, 5.41) is 15.4. The molecule has 1 heterocycles. The maximum absolute atomic E-state index is 12.6. The molecule has 1 amide bonds. The highest BCUT2D eigenvalue weighted by Gasteiger charge is 2.20. The van der Waals surface area contributed by atoms with E-state index in [1.54, 1.807) is 4.68 Å². The van der Waals surface area contributed by atoms with Crippen LogP contribution in [0.4, 0.5) is 0 Å². The molecule has 3 rings (SSSR count). The number of amides is 1. The third-order valence-corrected chi connectivity index (χ3v) is 5.76. The van der Waals surface area contributed by atoms with E-state index in [1.807, 2.05) is 56.3 Å². The SMILES string of the molecule is CC[C@@H](CNC(=O)[C@@H](C)Sc1nnnn1-c1ccccc1C)c1ccccc1. The summed E-state index contributed by atoms with van der Waals surface area (Å²) in [6.45, 7) is 6.64. The van der Waals surface area contributed by atoms with Crippen LogP contribution in [-0.2, 0) is 4.79 Å². The minimum atomic E-state index is -0.304. The van der Waals surface area contributed by atoms with E-state index < -0.39 is 0 Å². The van der Waals surface area contributed by atoms with Crippen molar-refractivity contribution in [1.82, 2.24) is 25.5 Å². The molecule has 1 N–H and O–H groups in total. The fraction of sp³-hybridized carbons (Fsp3) is 0.333. The number of aromatic nitrogens is 4. The van der Waals surface area contributed by atoms with Crippen molar-refractivity contribution in [1.29, 1.82) is 0 Å². The van der Waals surface area contributed by atoms with Crippen molar-refractivity contribution in [2.24, 2.45) is 0 Å². The molecule has 2 atom stereocenters. The van der Waals surface area contributed by atoms with Gasteiger partial charge in [-0.05, 0) is 47.9 Å². The van der Waals surface area contributed by atoms with E-state index in [0.29, 0.717) is 17.6 Å². The Labute approximate surface area is 169 Å². The molecule has 0 fully saturated rings.